The molecule has 0 fully saturated rings. The van der Waals surface area contributed by atoms with Crippen LogP contribution in [0.1, 0.15) is 12.5 Å². The smallest absolute Gasteiger partial charge is 0.216 e. The molecule has 1 amide bonds. The molecule has 1 rings (SSSR count). The van der Waals surface area contributed by atoms with Crippen LogP contribution in [0.15, 0.2) is 18.2 Å². The minimum atomic E-state index is -0.281. The molecule has 0 saturated heterocycles. The van der Waals surface area contributed by atoms with Gasteiger partial charge in [-0.2, -0.15) is 0 Å². The fourth-order valence-electron chi connectivity index (χ4n) is 1.23. The fraction of sp³-hybridized carbons (Fsp3) is 0.364. The first-order chi connectivity index (χ1) is 7.59. The molecule has 88 valence electrons. The number of carbonyl (C=O) groups excluding carboxylic acids is 1. The Balaban J connectivity index is 2.31. The second-order valence-electron chi connectivity index (χ2n) is 3.40. The highest BCUT2D eigenvalue weighted by Gasteiger charge is 2.02. The van der Waals surface area contributed by atoms with Crippen molar-refractivity contribution in [3.63, 3.8) is 0 Å². The Labute approximate surface area is 99.0 Å². The normalized spacial score (nSPS) is 10.2. The predicted molar refractivity (Wildman–Crippen MR) is 61.8 cm³/mol. The zero-order valence-electron chi connectivity index (χ0n) is 9.02. The van der Waals surface area contributed by atoms with Gasteiger partial charge in [0.25, 0.3) is 0 Å². The van der Waals surface area contributed by atoms with E-state index in [-0.39, 0.29) is 11.7 Å². The first kappa shape index (κ1) is 12.9. The van der Waals surface area contributed by atoms with Gasteiger partial charge >= 0.3 is 0 Å². The standard InChI is InChI=1S/C11H14ClFN2O/c1-8(16)15-5-4-14-7-9-6-10(12)2-3-11(9)13/h2-3,6,14H,4-5,7H2,1H3,(H,15,16). The van der Waals surface area contributed by atoms with Crippen molar-refractivity contribution >= 4 is 17.5 Å². The third-order valence-corrected chi connectivity index (χ3v) is 2.23. The van der Waals surface area contributed by atoms with Crippen LogP contribution in [0.2, 0.25) is 5.02 Å². The molecule has 1 aromatic carbocycles. The molecule has 16 heavy (non-hydrogen) atoms. The van der Waals surface area contributed by atoms with Crippen molar-refractivity contribution in [3.8, 4) is 0 Å². The molecule has 0 bridgehead atoms. The van der Waals surface area contributed by atoms with Gasteiger partial charge in [-0.3, -0.25) is 4.79 Å². The molecule has 0 unspecified atom stereocenters. The molecule has 3 nitrogen and oxygen atoms in total. The number of halogens is 2. The summed E-state index contributed by atoms with van der Waals surface area (Å²) in [5.41, 5.74) is 0.523. The van der Waals surface area contributed by atoms with Crippen molar-refractivity contribution in [2.75, 3.05) is 13.1 Å². The second kappa shape index (κ2) is 6.45. The second-order valence-corrected chi connectivity index (χ2v) is 3.83. The molecule has 0 heterocycles. The number of amides is 1. The average Bonchev–Trinajstić information content (AvgIpc) is 2.22. The Morgan fingerprint density at radius 1 is 1.44 bits per heavy atom. The Bertz CT molecular complexity index is 371. The Morgan fingerprint density at radius 2 is 2.19 bits per heavy atom. The molecule has 1 aromatic rings. The summed E-state index contributed by atoms with van der Waals surface area (Å²) in [6, 6.07) is 4.44. The van der Waals surface area contributed by atoms with E-state index in [1.165, 1.54) is 19.1 Å². The summed E-state index contributed by atoms with van der Waals surface area (Å²) >= 11 is 5.75. The van der Waals surface area contributed by atoms with E-state index in [4.69, 9.17) is 11.6 Å². The lowest BCUT2D eigenvalue weighted by Crippen LogP contribution is -2.30. The van der Waals surface area contributed by atoms with Crippen molar-refractivity contribution in [2.45, 2.75) is 13.5 Å². The van der Waals surface area contributed by atoms with Crippen LogP contribution in [0.5, 0.6) is 0 Å². The average molecular weight is 245 g/mol. The quantitative estimate of drug-likeness (QED) is 0.775. The highest BCUT2D eigenvalue weighted by Crippen LogP contribution is 2.14. The summed E-state index contributed by atoms with van der Waals surface area (Å²) in [6.45, 7) is 2.96. The van der Waals surface area contributed by atoms with Gasteiger partial charge in [-0.1, -0.05) is 11.6 Å². The molecular formula is C11H14ClFN2O. The highest BCUT2D eigenvalue weighted by molar-refractivity contribution is 6.30. The van der Waals surface area contributed by atoms with Crippen LogP contribution in [0.4, 0.5) is 4.39 Å². The van der Waals surface area contributed by atoms with Crippen molar-refractivity contribution in [3.05, 3.63) is 34.6 Å². The zero-order chi connectivity index (χ0) is 12.0. The van der Waals surface area contributed by atoms with Crippen LogP contribution in [0.25, 0.3) is 0 Å². The molecule has 0 aliphatic rings. The van der Waals surface area contributed by atoms with Crippen LogP contribution in [0, 0.1) is 5.82 Å². The molecule has 0 saturated carbocycles. The Kier molecular flexibility index (Phi) is 5.22. The molecular weight excluding hydrogens is 231 g/mol. The third kappa shape index (κ3) is 4.59. The van der Waals surface area contributed by atoms with Gasteiger partial charge in [0, 0.05) is 37.1 Å². The van der Waals surface area contributed by atoms with Crippen molar-refractivity contribution in [1.29, 1.82) is 0 Å². The maximum Gasteiger partial charge on any atom is 0.216 e. The van der Waals surface area contributed by atoms with E-state index in [1.54, 1.807) is 6.07 Å². The molecule has 0 aliphatic carbocycles. The van der Waals surface area contributed by atoms with Gasteiger partial charge in [0.15, 0.2) is 0 Å². The number of hydrogen-bond acceptors (Lipinski definition) is 2. The van der Waals surface area contributed by atoms with E-state index < -0.39 is 0 Å². The van der Waals surface area contributed by atoms with E-state index in [0.717, 1.165) is 0 Å². The van der Waals surface area contributed by atoms with Crippen molar-refractivity contribution in [1.82, 2.24) is 10.6 Å². The van der Waals surface area contributed by atoms with Gasteiger partial charge in [-0.15, -0.1) is 0 Å². The first-order valence-electron chi connectivity index (χ1n) is 4.98. The van der Waals surface area contributed by atoms with Gasteiger partial charge in [0.1, 0.15) is 5.82 Å². The number of rotatable bonds is 5. The topological polar surface area (TPSA) is 41.1 Å². The third-order valence-electron chi connectivity index (χ3n) is 2.00. The van der Waals surface area contributed by atoms with Crippen LogP contribution in [-0.2, 0) is 11.3 Å². The highest BCUT2D eigenvalue weighted by atomic mass is 35.5. The van der Waals surface area contributed by atoms with Gasteiger partial charge in [-0.25, -0.2) is 4.39 Å². The maximum atomic E-state index is 13.2. The Hall–Kier alpha value is -1.13. The van der Waals surface area contributed by atoms with Crippen LogP contribution in [0.3, 0.4) is 0 Å². The molecule has 0 aromatic heterocycles. The minimum absolute atomic E-state index is 0.0734. The number of hydrogen-bond donors (Lipinski definition) is 2. The summed E-state index contributed by atoms with van der Waals surface area (Å²) in [7, 11) is 0. The lowest BCUT2D eigenvalue weighted by molar-refractivity contribution is -0.118. The van der Waals surface area contributed by atoms with Crippen LogP contribution < -0.4 is 10.6 Å². The monoisotopic (exact) mass is 244 g/mol. The molecule has 0 radical (unpaired) electrons. The molecule has 5 heteroatoms. The zero-order valence-corrected chi connectivity index (χ0v) is 9.77. The van der Waals surface area contributed by atoms with Gasteiger partial charge in [0.05, 0.1) is 0 Å². The van der Waals surface area contributed by atoms with E-state index >= 15 is 0 Å². The fourth-order valence-corrected chi connectivity index (χ4v) is 1.42. The summed E-state index contributed by atoms with van der Waals surface area (Å²) in [4.78, 5) is 10.6. The number of nitrogens with one attached hydrogen (secondary N) is 2. The van der Waals surface area contributed by atoms with Gasteiger partial charge < -0.3 is 10.6 Å². The lowest BCUT2D eigenvalue weighted by atomic mass is 10.2. The van der Waals surface area contributed by atoms with Gasteiger partial charge in [-0.05, 0) is 18.2 Å². The lowest BCUT2D eigenvalue weighted by Gasteiger charge is -2.06. The number of carbonyl (C=O) groups is 1. The van der Waals surface area contributed by atoms with Crippen molar-refractivity contribution < 1.29 is 9.18 Å². The predicted octanol–water partition coefficient (Wildman–Crippen LogP) is 1.70. The molecule has 0 aliphatic heterocycles. The van der Waals surface area contributed by atoms with Crippen LogP contribution >= 0.6 is 11.6 Å². The van der Waals surface area contributed by atoms with Crippen LogP contribution in [-0.4, -0.2) is 19.0 Å². The van der Waals surface area contributed by atoms with Gasteiger partial charge in [0.2, 0.25) is 5.91 Å². The minimum Gasteiger partial charge on any atom is -0.355 e. The van der Waals surface area contributed by atoms with E-state index in [0.29, 0.717) is 30.2 Å². The molecule has 2 N–H and O–H groups in total. The van der Waals surface area contributed by atoms with Crippen molar-refractivity contribution in [2.24, 2.45) is 0 Å². The van der Waals surface area contributed by atoms with E-state index in [1.807, 2.05) is 0 Å². The SMILES string of the molecule is CC(=O)NCCNCc1cc(Cl)ccc1F. The molecule has 0 atom stereocenters. The summed E-state index contributed by atoms with van der Waals surface area (Å²) in [6.07, 6.45) is 0. The summed E-state index contributed by atoms with van der Waals surface area (Å²) in [5, 5.41) is 6.16. The number of benzene rings is 1. The maximum absolute atomic E-state index is 13.2. The largest absolute Gasteiger partial charge is 0.355 e. The first-order valence-corrected chi connectivity index (χ1v) is 5.36. The summed E-state index contributed by atoms with van der Waals surface area (Å²) < 4.78 is 13.2. The molecule has 0 spiro atoms. The van der Waals surface area contributed by atoms with E-state index in [2.05, 4.69) is 10.6 Å². The summed E-state index contributed by atoms with van der Waals surface area (Å²) in [5.74, 6) is -0.354. The Morgan fingerprint density at radius 3 is 2.88 bits per heavy atom. The van der Waals surface area contributed by atoms with E-state index in [9.17, 15) is 9.18 Å².